The first-order chi connectivity index (χ1) is 10.7. The van der Waals surface area contributed by atoms with Crippen LogP contribution >= 0.6 is 12.2 Å². The van der Waals surface area contributed by atoms with Crippen LogP contribution in [0.5, 0.6) is 5.75 Å². The quantitative estimate of drug-likeness (QED) is 0.851. The second-order valence-electron chi connectivity index (χ2n) is 5.65. The van der Waals surface area contributed by atoms with Gasteiger partial charge in [-0.15, -0.1) is 0 Å². The second-order valence-corrected chi connectivity index (χ2v) is 6.06. The summed E-state index contributed by atoms with van der Waals surface area (Å²) in [5.74, 6) is 0.855. The van der Waals surface area contributed by atoms with Gasteiger partial charge in [-0.1, -0.05) is 24.3 Å². The van der Waals surface area contributed by atoms with E-state index in [9.17, 15) is 0 Å². The van der Waals surface area contributed by atoms with Crippen molar-refractivity contribution < 1.29 is 4.74 Å². The van der Waals surface area contributed by atoms with Crippen molar-refractivity contribution in [1.82, 2.24) is 5.32 Å². The van der Waals surface area contributed by atoms with Gasteiger partial charge in [0.2, 0.25) is 0 Å². The van der Waals surface area contributed by atoms with Gasteiger partial charge in [-0.05, 0) is 66.9 Å². The van der Waals surface area contributed by atoms with Crippen molar-refractivity contribution in [3.8, 4) is 5.75 Å². The molecule has 0 aromatic heterocycles. The molecule has 1 aliphatic rings. The summed E-state index contributed by atoms with van der Waals surface area (Å²) in [4.78, 5) is 0. The van der Waals surface area contributed by atoms with Crippen molar-refractivity contribution >= 4 is 23.0 Å². The molecule has 0 unspecified atom stereocenters. The van der Waals surface area contributed by atoms with Crippen molar-refractivity contribution in [2.24, 2.45) is 0 Å². The van der Waals surface area contributed by atoms with Crippen LogP contribution in [0.2, 0.25) is 0 Å². The zero-order chi connectivity index (χ0) is 15.5. The first-order valence-electron chi connectivity index (χ1n) is 7.44. The molecule has 0 heterocycles. The number of fused-ring (bicyclic) bond motifs is 1. The molecule has 2 N–H and O–H groups in total. The van der Waals surface area contributed by atoms with Crippen LogP contribution in [0.25, 0.3) is 0 Å². The Balaban J connectivity index is 1.60. The lowest BCUT2D eigenvalue weighted by Gasteiger charge is -2.17. The van der Waals surface area contributed by atoms with Crippen LogP contribution in [0.1, 0.15) is 16.7 Å². The predicted molar refractivity (Wildman–Crippen MR) is 94.7 cm³/mol. The lowest BCUT2D eigenvalue weighted by Crippen LogP contribution is -2.38. The van der Waals surface area contributed by atoms with E-state index in [0.29, 0.717) is 11.2 Å². The Morgan fingerprint density at radius 1 is 1.14 bits per heavy atom. The molecule has 0 amide bonds. The van der Waals surface area contributed by atoms with Gasteiger partial charge in [0.15, 0.2) is 5.11 Å². The zero-order valence-electron chi connectivity index (χ0n) is 12.8. The summed E-state index contributed by atoms with van der Waals surface area (Å²) in [6.45, 7) is 2.04. The standard InChI is InChI=1S/C18H20N2OS/c1-12-9-16(21-2)7-8-17(12)20-18(22)19-15-10-13-5-3-4-6-14(13)11-15/h3-9,15H,10-11H2,1-2H3,(H2,19,20,22). The number of aryl methyl sites for hydroxylation is 1. The Bertz CT molecular complexity index is 674. The Morgan fingerprint density at radius 2 is 1.82 bits per heavy atom. The molecule has 4 heteroatoms. The van der Waals surface area contributed by atoms with Crippen molar-refractivity contribution in [2.45, 2.75) is 25.8 Å². The number of rotatable bonds is 3. The van der Waals surface area contributed by atoms with Crippen LogP contribution in [-0.2, 0) is 12.8 Å². The van der Waals surface area contributed by atoms with E-state index in [-0.39, 0.29) is 0 Å². The smallest absolute Gasteiger partial charge is 0.171 e. The van der Waals surface area contributed by atoms with Gasteiger partial charge in [0.05, 0.1) is 7.11 Å². The normalized spacial score (nSPS) is 13.5. The molecule has 0 bridgehead atoms. The summed E-state index contributed by atoms with van der Waals surface area (Å²) >= 11 is 5.45. The molecule has 0 spiro atoms. The van der Waals surface area contributed by atoms with Crippen molar-refractivity contribution in [2.75, 3.05) is 12.4 Å². The van der Waals surface area contributed by atoms with E-state index in [1.807, 2.05) is 25.1 Å². The highest BCUT2D eigenvalue weighted by atomic mass is 32.1. The molecule has 1 aliphatic carbocycles. The summed E-state index contributed by atoms with van der Waals surface area (Å²) < 4.78 is 5.22. The number of nitrogens with one attached hydrogen (secondary N) is 2. The minimum absolute atomic E-state index is 0.371. The number of benzene rings is 2. The second kappa shape index (κ2) is 6.36. The lowest BCUT2D eigenvalue weighted by atomic mass is 10.1. The molecule has 3 rings (SSSR count). The molecule has 0 fully saturated rings. The fraction of sp³-hybridized carbons (Fsp3) is 0.278. The molecule has 3 nitrogen and oxygen atoms in total. The Labute approximate surface area is 136 Å². The largest absolute Gasteiger partial charge is 0.497 e. The number of hydrogen-bond acceptors (Lipinski definition) is 2. The SMILES string of the molecule is COc1ccc(NC(=S)NC2Cc3ccccc3C2)c(C)c1. The van der Waals surface area contributed by atoms with Crippen molar-refractivity contribution in [3.05, 3.63) is 59.2 Å². The van der Waals surface area contributed by atoms with Crippen LogP contribution in [0.4, 0.5) is 5.69 Å². The molecule has 0 radical (unpaired) electrons. The summed E-state index contributed by atoms with van der Waals surface area (Å²) in [6, 6.07) is 14.9. The van der Waals surface area contributed by atoms with E-state index in [0.717, 1.165) is 29.8 Å². The Morgan fingerprint density at radius 3 is 2.41 bits per heavy atom. The first-order valence-corrected chi connectivity index (χ1v) is 7.85. The van der Waals surface area contributed by atoms with E-state index in [1.54, 1.807) is 7.11 Å². The molecule has 2 aromatic carbocycles. The number of hydrogen-bond donors (Lipinski definition) is 2. The molecular weight excluding hydrogens is 292 g/mol. The van der Waals surface area contributed by atoms with Crippen molar-refractivity contribution in [3.63, 3.8) is 0 Å². The predicted octanol–water partition coefficient (Wildman–Crippen LogP) is 3.46. The van der Waals surface area contributed by atoms with Crippen LogP contribution in [0.15, 0.2) is 42.5 Å². The monoisotopic (exact) mass is 312 g/mol. The average molecular weight is 312 g/mol. The topological polar surface area (TPSA) is 33.3 Å². The highest BCUT2D eigenvalue weighted by molar-refractivity contribution is 7.80. The van der Waals surface area contributed by atoms with Gasteiger partial charge >= 0.3 is 0 Å². The molecule has 0 saturated carbocycles. The van der Waals surface area contributed by atoms with Crippen LogP contribution < -0.4 is 15.4 Å². The van der Waals surface area contributed by atoms with E-state index in [1.165, 1.54) is 11.1 Å². The fourth-order valence-electron chi connectivity index (χ4n) is 2.91. The fourth-order valence-corrected chi connectivity index (χ4v) is 3.18. The van der Waals surface area contributed by atoms with Crippen LogP contribution in [0.3, 0.4) is 0 Å². The van der Waals surface area contributed by atoms with Gasteiger partial charge in [-0.3, -0.25) is 0 Å². The highest BCUT2D eigenvalue weighted by Gasteiger charge is 2.21. The van der Waals surface area contributed by atoms with E-state index < -0.39 is 0 Å². The lowest BCUT2D eigenvalue weighted by molar-refractivity contribution is 0.414. The summed E-state index contributed by atoms with van der Waals surface area (Å²) in [5.41, 5.74) is 4.96. The summed E-state index contributed by atoms with van der Waals surface area (Å²) in [7, 11) is 1.67. The maximum Gasteiger partial charge on any atom is 0.171 e. The highest BCUT2D eigenvalue weighted by Crippen LogP contribution is 2.23. The molecule has 0 aliphatic heterocycles. The molecule has 114 valence electrons. The van der Waals surface area contributed by atoms with E-state index in [4.69, 9.17) is 17.0 Å². The molecule has 2 aromatic rings. The third-order valence-corrected chi connectivity index (χ3v) is 4.29. The van der Waals surface area contributed by atoms with Crippen LogP contribution in [0, 0.1) is 6.92 Å². The Hall–Kier alpha value is -2.07. The molecule has 22 heavy (non-hydrogen) atoms. The zero-order valence-corrected chi connectivity index (χ0v) is 13.7. The first kappa shape index (κ1) is 14.9. The minimum atomic E-state index is 0.371. The third kappa shape index (κ3) is 3.22. The molecule has 0 saturated heterocycles. The minimum Gasteiger partial charge on any atom is -0.497 e. The maximum absolute atomic E-state index is 5.45. The van der Waals surface area contributed by atoms with Crippen molar-refractivity contribution in [1.29, 1.82) is 0 Å². The van der Waals surface area contributed by atoms with Gasteiger partial charge in [0.25, 0.3) is 0 Å². The number of thiocarbonyl (C=S) groups is 1. The molecular formula is C18H20N2OS. The van der Waals surface area contributed by atoms with Gasteiger partial charge in [-0.2, -0.15) is 0 Å². The van der Waals surface area contributed by atoms with Gasteiger partial charge < -0.3 is 15.4 Å². The number of ether oxygens (including phenoxy) is 1. The summed E-state index contributed by atoms with van der Waals surface area (Å²) in [5, 5.41) is 7.37. The number of methoxy groups -OCH3 is 1. The Kier molecular flexibility index (Phi) is 4.29. The third-order valence-electron chi connectivity index (χ3n) is 4.07. The maximum atomic E-state index is 5.45. The van der Waals surface area contributed by atoms with Gasteiger partial charge in [0.1, 0.15) is 5.75 Å². The number of anilines is 1. The van der Waals surface area contributed by atoms with Gasteiger partial charge in [-0.25, -0.2) is 0 Å². The van der Waals surface area contributed by atoms with E-state index in [2.05, 4.69) is 34.9 Å². The summed E-state index contributed by atoms with van der Waals surface area (Å²) in [6.07, 6.45) is 2.05. The molecule has 0 atom stereocenters. The average Bonchev–Trinajstić information content (AvgIpc) is 2.91. The van der Waals surface area contributed by atoms with Crippen LogP contribution in [-0.4, -0.2) is 18.3 Å². The van der Waals surface area contributed by atoms with Gasteiger partial charge in [0, 0.05) is 11.7 Å². The van der Waals surface area contributed by atoms with E-state index >= 15 is 0 Å².